The van der Waals surface area contributed by atoms with Gasteiger partial charge in [-0.2, -0.15) is 4.98 Å². The summed E-state index contributed by atoms with van der Waals surface area (Å²) < 4.78 is 16.0. The molecule has 0 unspecified atom stereocenters. The second-order valence-corrected chi connectivity index (χ2v) is 9.30. The van der Waals surface area contributed by atoms with Gasteiger partial charge in [0.05, 0.1) is 26.3 Å². The van der Waals surface area contributed by atoms with Gasteiger partial charge in [-0.3, -0.25) is 14.5 Å². The van der Waals surface area contributed by atoms with Crippen LogP contribution in [-0.2, 0) is 17.8 Å². The fraction of sp³-hybridized carbons (Fsp3) is 0.600. The van der Waals surface area contributed by atoms with E-state index in [1.807, 2.05) is 9.80 Å². The maximum atomic E-state index is 13.0. The van der Waals surface area contributed by atoms with Crippen molar-refractivity contribution in [2.75, 3.05) is 53.5 Å². The number of carbonyl (C=O) groups is 2. The summed E-state index contributed by atoms with van der Waals surface area (Å²) in [7, 11) is 3.13. The Hall–Kier alpha value is -2.85. The largest absolute Gasteiger partial charge is 0.497 e. The zero-order chi connectivity index (χ0) is 24.8. The van der Waals surface area contributed by atoms with E-state index in [0.717, 1.165) is 25.9 Å². The SMILES string of the molecule is COc1ccc(C(=O)N2CCN(Cc3noc(CCC(=O)N4CCC(C)CC4)n3)CC2)c(OC)c1.Cl. The van der Waals surface area contributed by atoms with Gasteiger partial charge in [-0.1, -0.05) is 12.1 Å². The smallest absolute Gasteiger partial charge is 0.257 e. The van der Waals surface area contributed by atoms with Crippen molar-refractivity contribution >= 4 is 24.2 Å². The lowest BCUT2D eigenvalue weighted by Gasteiger charge is -2.34. The molecule has 2 amide bonds. The van der Waals surface area contributed by atoms with Crippen molar-refractivity contribution in [3.63, 3.8) is 0 Å². The van der Waals surface area contributed by atoms with Gasteiger partial charge in [0.25, 0.3) is 5.91 Å². The third kappa shape index (κ3) is 6.88. The summed E-state index contributed by atoms with van der Waals surface area (Å²) in [5, 5.41) is 4.09. The fourth-order valence-electron chi connectivity index (χ4n) is 4.54. The monoisotopic (exact) mass is 521 g/mol. The number of methoxy groups -OCH3 is 2. The highest BCUT2D eigenvalue weighted by Gasteiger charge is 2.26. The molecule has 0 spiro atoms. The van der Waals surface area contributed by atoms with E-state index >= 15 is 0 Å². The van der Waals surface area contributed by atoms with Crippen molar-refractivity contribution in [3.8, 4) is 11.5 Å². The summed E-state index contributed by atoms with van der Waals surface area (Å²) in [6.07, 6.45) is 3.00. The van der Waals surface area contributed by atoms with Crippen molar-refractivity contribution in [1.82, 2.24) is 24.8 Å². The molecule has 2 fully saturated rings. The van der Waals surface area contributed by atoms with E-state index < -0.39 is 0 Å². The highest BCUT2D eigenvalue weighted by Crippen LogP contribution is 2.26. The lowest BCUT2D eigenvalue weighted by atomic mass is 9.99. The Morgan fingerprint density at radius 2 is 1.75 bits per heavy atom. The number of ether oxygens (including phenoxy) is 2. The summed E-state index contributed by atoms with van der Waals surface area (Å²) in [4.78, 5) is 35.9. The average molecular weight is 522 g/mol. The molecule has 0 saturated carbocycles. The molecule has 0 aliphatic carbocycles. The predicted molar refractivity (Wildman–Crippen MR) is 136 cm³/mol. The first-order valence-electron chi connectivity index (χ1n) is 12.3. The van der Waals surface area contributed by atoms with Crippen LogP contribution in [0.25, 0.3) is 0 Å². The van der Waals surface area contributed by atoms with E-state index in [0.29, 0.717) is 80.3 Å². The molecule has 2 aliphatic rings. The highest BCUT2D eigenvalue weighted by molar-refractivity contribution is 5.97. The number of benzene rings is 1. The number of aryl methyl sites for hydroxylation is 1. The molecule has 36 heavy (non-hydrogen) atoms. The molecule has 0 bridgehead atoms. The van der Waals surface area contributed by atoms with E-state index in [2.05, 4.69) is 22.0 Å². The van der Waals surface area contributed by atoms with Crippen LogP contribution >= 0.6 is 12.4 Å². The molecule has 0 radical (unpaired) electrons. The van der Waals surface area contributed by atoms with Crippen LogP contribution in [0.5, 0.6) is 11.5 Å². The second-order valence-electron chi connectivity index (χ2n) is 9.30. The first kappa shape index (κ1) is 27.7. The molecule has 10 nitrogen and oxygen atoms in total. The van der Waals surface area contributed by atoms with E-state index in [4.69, 9.17) is 14.0 Å². The third-order valence-electron chi connectivity index (χ3n) is 6.86. The molecular formula is C25H36ClN5O5. The minimum absolute atomic E-state index is 0. The minimum atomic E-state index is -0.0566. The zero-order valence-electron chi connectivity index (χ0n) is 21.3. The molecule has 0 N–H and O–H groups in total. The number of amides is 2. The van der Waals surface area contributed by atoms with Crippen LogP contribution in [0.3, 0.4) is 0 Å². The van der Waals surface area contributed by atoms with E-state index in [1.165, 1.54) is 0 Å². The second kappa shape index (κ2) is 12.9. The molecule has 11 heteroatoms. The molecule has 2 aromatic rings. The van der Waals surface area contributed by atoms with Gasteiger partial charge in [0.1, 0.15) is 11.5 Å². The van der Waals surface area contributed by atoms with Gasteiger partial charge in [0, 0.05) is 58.2 Å². The van der Waals surface area contributed by atoms with Crippen molar-refractivity contribution in [2.45, 2.75) is 39.2 Å². The third-order valence-corrected chi connectivity index (χ3v) is 6.86. The van der Waals surface area contributed by atoms with Crippen molar-refractivity contribution in [3.05, 3.63) is 35.5 Å². The van der Waals surface area contributed by atoms with Crippen LogP contribution < -0.4 is 9.47 Å². The van der Waals surface area contributed by atoms with E-state index in [1.54, 1.807) is 32.4 Å². The number of aromatic nitrogens is 2. The Kier molecular flexibility index (Phi) is 9.95. The van der Waals surface area contributed by atoms with Gasteiger partial charge in [-0.05, 0) is 30.9 Å². The summed E-state index contributed by atoms with van der Waals surface area (Å²) in [6.45, 7) is 7.08. The van der Waals surface area contributed by atoms with Crippen LogP contribution in [0.2, 0.25) is 0 Å². The van der Waals surface area contributed by atoms with Gasteiger partial charge in [0.2, 0.25) is 11.8 Å². The van der Waals surface area contributed by atoms with Gasteiger partial charge in [0.15, 0.2) is 5.82 Å². The number of hydrogen-bond acceptors (Lipinski definition) is 8. The Morgan fingerprint density at radius 3 is 2.42 bits per heavy atom. The van der Waals surface area contributed by atoms with Crippen molar-refractivity contribution in [2.24, 2.45) is 5.92 Å². The van der Waals surface area contributed by atoms with E-state index in [9.17, 15) is 9.59 Å². The maximum absolute atomic E-state index is 13.0. The summed E-state index contributed by atoms with van der Waals surface area (Å²) >= 11 is 0. The summed E-state index contributed by atoms with van der Waals surface area (Å²) in [5.41, 5.74) is 0.526. The van der Waals surface area contributed by atoms with Crippen molar-refractivity contribution < 1.29 is 23.6 Å². The lowest BCUT2D eigenvalue weighted by molar-refractivity contribution is -0.132. The Bertz CT molecular complexity index is 1020. The zero-order valence-corrected chi connectivity index (χ0v) is 22.1. The molecule has 0 atom stereocenters. The first-order valence-corrected chi connectivity index (χ1v) is 12.3. The lowest BCUT2D eigenvalue weighted by Crippen LogP contribution is -2.48. The first-order chi connectivity index (χ1) is 17.0. The van der Waals surface area contributed by atoms with Gasteiger partial charge in [-0.15, -0.1) is 12.4 Å². The number of piperazine rings is 1. The Morgan fingerprint density at radius 1 is 1.03 bits per heavy atom. The minimum Gasteiger partial charge on any atom is -0.497 e. The number of likely N-dealkylation sites (tertiary alicyclic amines) is 1. The van der Waals surface area contributed by atoms with Crippen molar-refractivity contribution in [1.29, 1.82) is 0 Å². The topological polar surface area (TPSA) is 101 Å². The molecule has 1 aromatic heterocycles. The average Bonchev–Trinajstić information content (AvgIpc) is 3.34. The normalized spacial score (nSPS) is 17.0. The Balaban J connectivity index is 0.00000361. The molecule has 1 aromatic carbocycles. The number of carbonyl (C=O) groups excluding carboxylic acids is 2. The van der Waals surface area contributed by atoms with Gasteiger partial charge in [-0.25, -0.2) is 0 Å². The standard InChI is InChI=1S/C25H35N5O5.ClH/c1-18-8-10-29(11-9-18)24(31)7-6-23-26-22(27-35-23)17-28-12-14-30(15-13-28)25(32)20-5-4-19(33-2)16-21(20)34-3;/h4-5,16,18H,6-15,17H2,1-3H3;1H. The number of hydrogen-bond donors (Lipinski definition) is 0. The molecular weight excluding hydrogens is 486 g/mol. The van der Waals surface area contributed by atoms with Crippen LogP contribution in [0.15, 0.2) is 22.7 Å². The predicted octanol–water partition coefficient (Wildman–Crippen LogP) is 2.66. The molecule has 3 heterocycles. The van der Waals surface area contributed by atoms with Gasteiger partial charge >= 0.3 is 0 Å². The number of halogens is 1. The molecule has 2 aliphatic heterocycles. The van der Waals surface area contributed by atoms with Crippen LogP contribution in [0, 0.1) is 5.92 Å². The maximum Gasteiger partial charge on any atom is 0.257 e. The number of nitrogens with zero attached hydrogens (tertiary/aromatic N) is 5. The highest BCUT2D eigenvalue weighted by atomic mass is 35.5. The molecule has 198 valence electrons. The number of piperidine rings is 1. The quantitative estimate of drug-likeness (QED) is 0.522. The summed E-state index contributed by atoms with van der Waals surface area (Å²) in [5.74, 6) is 3.06. The van der Waals surface area contributed by atoms with Crippen LogP contribution in [0.4, 0.5) is 0 Å². The summed E-state index contributed by atoms with van der Waals surface area (Å²) in [6, 6.07) is 5.22. The molecule has 4 rings (SSSR count). The Labute approximate surface area is 218 Å². The number of rotatable bonds is 8. The molecule has 2 saturated heterocycles. The van der Waals surface area contributed by atoms with E-state index in [-0.39, 0.29) is 24.2 Å². The van der Waals surface area contributed by atoms with Crippen LogP contribution in [0.1, 0.15) is 48.3 Å². The van der Waals surface area contributed by atoms with Crippen LogP contribution in [-0.4, -0.2) is 90.1 Å². The fourth-order valence-corrected chi connectivity index (χ4v) is 4.54. The van der Waals surface area contributed by atoms with Gasteiger partial charge < -0.3 is 23.8 Å².